The van der Waals surface area contributed by atoms with Crippen LogP contribution in [0.5, 0.6) is 0 Å². The Bertz CT molecular complexity index is 70.4. The topological polar surface area (TPSA) is 110 Å². The fourth-order valence-corrected chi connectivity index (χ4v) is 0. The molecule has 0 aromatic rings. The zero-order chi connectivity index (χ0) is 5.41. The Hall–Kier alpha value is -1.40. The van der Waals surface area contributed by atoms with Gasteiger partial charge in [0, 0.05) is 0 Å². The smallest absolute Gasteiger partial charge is 0.173 e. The van der Waals surface area contributed by atoms with E-state index in [0.717, 1.165) is 0 Å². The maximum absolute atomic E-state index is 7.10. The van der Waals surface area contributed by atoms with E-state index < -0.39 is 0 Å². The summed E-state index contributed by atoms with van der Waals surface area (Å²) in [6.45, 7) is 0. The molecule has 0 aliphatic rings. The largest absolute Gasteiger partial charge is 0.337 e. The van der Waals surface area contributed by atoms with Gasteiger partial charge in [-0.1, -0.05) is 0 Å². The minimum absolute atomic E-state index is 1.25. The molecule has 0 aromatic carbocycles. The predicted molar refractivity (Wildman–Crippen MR) is 19.2 cm³/mol. The summed E-state index contributed by atoms with van der Waals surface area (Å²) in [7, 11) is 0. The molecule has 0 aliphatic carbocycles. The summed E-state index contributed by atoms with van der Waals surface area (Å²) in [6.07, 6.45) is 1.25. The Morgan fingerprint density at radius 1 is 2.00 bits per heavy atom. The van der Waals surface area contributed by atoms with Crippen LogP contribution in [0.4, 0.5) is 0 Å². The lowest BCUT2D eigenvalue weighted by atomic mass is 11.5. The molecule has 0 spiro atoms. The van der Waals surface area contributed by atoms with Gasteiger partial charge in [0.05, 0.1) is 0 Å². The standard InChI is InChI=1S/CH2N2.HN3/c2-1-3;1-3-2/h2H2;1H. The number of nitrogens with two attached hydrogens (primary N) is 1. The molecular formula is CH3N5. The summed E-state index contributed by atoms with van der Waals surface area (Å²) >= 11 is 0. The highest BCUT2D eigenvalue weighted by molar-refractivity contribution is 4.46. The van der Waals surface area contributed by atoms with Crippen molar-refractivity contribution in [2.24, 2.45) is 5.73 Å². The van der Waals surface area contributed by atoms with E-state index in [9.17, 15) is 0 Å². The van der Waals surface area contributed by atoms with Gasteiger partial charge in [0.2, 0.25) is 0 Å². The van der Waals surface area contributed by atoms with Gasteiger partial charge >= 0.3 is 0 Å². The van der Waals surface area contributed by atoms with Crippen LogP contribution in [-0.4, -0.2) is 0 Å². The van der Waals surface area contributed by atoms with Gasteiger partial charge in [0.25, 0.3) is 0 Å². The van der Waals surface area contributed by atoms with Crippen molar-refractivity contribution in [3.8, 4) is 6.19 Å². The van der Waals surface area contributed by atoms with Crippen molar-refractivity contribution >= 4 is 0 Å². The number of rotatable bonds is 0. The maximum atomic E-state index is 7.10. The van der Waals surface area contributed by atoms with Crippen LogP contribution in [0.15, 0.2) is 0 Å². The third-order valence-electron chi connectivity index (χ3n) is 0. The summed E-state index contributed by atoms with van der Waals surface area (Å²) in [4.78, 5) is 1.75. The molecule has 0 heterocycles. The Balaban J connectivity index is 0. The molecule has 3 N–H and O–H groups in total. The van der Waals surface area contributed by atoms with E-state index in [0.29, 0.717) is 0 Å². The highest BCUT2D eigenvalue weighted by Crippen LogP contribution is 1.24. The average molecular weight is 85.1 g/mol. The second-order valence-corrected chi connectivity index (χ2v) is 0.229. The zero-order valence-electron chi connectivity index (χ0n) is 2.92. The molecule has 0 radical (unpaired) electrons. The van der Waals surface area contributed by atoms with Crippen LogP contribution < -0.4 is 5.73 Å². The summed E-state index contributed by atoms with van der Waals surface area (Å²) in [5.74, 6) is 0. The fourth-order valence-electron chi connectivity index (χ4n) is 0. The first-order valence-electron chi connectivity index (χ1n) is 0.936. The minimum atomic E-state index is 1.25. The molecule has 6 heavy (non-hydrogen) atoms. The SMILES string of the molecule is N#CN.[N-]=[N+]=N. The van der Waals surface area contributed by atoms with Gasteiger partial charge in [-0.05, 0) is 10.4 Å². The second-order valence-electron chi connectivity index (χ2n) is 0.229. The third kappa shape index (κ3) is 3.40. The van der Waals surface area contributed by atoms with Crippen molar-refractivity contribution in [1.82, 2.24) is 0 Å². The molecule has 0 amide bonds. The van der Waals surface area contributed by atoms with Crippen molar-refractivity contribution in [2.75, 3.05) is 0 Å². The monoisotopic (exact) mass is 85.0 g/mol. The Morgan fingerprint density at radius 3 is 2.00 bits per heavy atom. The molecule has 0 saturated carbocycles. The van der Waals surface area contributed by atoms with Crippen LogP contribution in [0, 0.1) is 17.0 Å². The molecule has 0 aromatic heterocycles. The fraction of sp³-hybridized carbons (Fsp3) is 0. The quantitative estimate of drug-likeness (QED) is 0.145. The minimum Gasteiger partial charge on any atom is -0.337 e. The Morgan fingerprint density at radius 2 is 2.00 bits per heavy atom. The van der Waals surface area contributed by atoms with E-state index in [1.54, 1.807) is 4.91 Å². The molecular weight excluding hydrogens is 82.0 g/mol. The van der Waals surface area contributed by atoms with E-state index >= 15 is 0 Å². The van der Waals surface area contributed by atoms with Crippen molar-refractivity contribution in [3.05, 3.63) is 10.4 Å². The highest BCUT2D eigenvalue weighted by atomic mass is 15.0. The van der Waals surface area contributed by atoms with Gasteiger partial charge in [-0.3, -0.25) is 0 Å². The van der Waals surface area contributed by atoms with E-state index in [1.165, 1.54) is 6.19 Å². The molecule has 0 bridgehead atoms. The number of nitrogens with zero attached hydrogens (tertiary/aromatic N) is 3. The van der Waals surface area contributed by atoms with Crippen LogP contribution in [0.3, 0.4) is 0 Å². The molecule has 0 aliphatic heterocycles. The van der Waals surface area contributed by atoms with Crippen LogP contribution in [0.1, 0.15) is 0 Å². The normalized spacial score (nSPS) is 2.50. The summed E-state index contributed by atoms with van der Waals surface area (Å²) in [6, 6.07) is 0. The van der Waals surface area contributed by atoms with Gasteiger partial charge in [-0.15, -0.1) is 5.53 Å². The lowest BCUT2D eigenvalue weighted by Crippen LogP contribution is -1.69. The van der Waals surface area contributed by atoms with Crippen molar-refractivity contribution in [2.45, 2.75) is 0 Å². The van der Waals surface area contributed by atoms with E-state index in [1.807, 2.05) is 0 Å². The van der Waals surface area contributed by atoms with Gasteiger partial charge in [-0.25, -0.2) is 0 Å². The Labute approximate surface area is 34.4 Å². The Kier molecular flexibility index (Phi) is 99.4. The number of nitriles is 1. The summed E-state index contributed by atoms with van der Waals surface area (Å²) in [5.41, 5.74) is 16.4. The molecule has 5 heteroatoms. The highest BCUT2D eigenvalue weighted by Gasteiger charge is 1.12. The average Bonchev–Trinajstić information content (AvgIpc) is 1.39. The molecule has 0 rings (SSSR count). The first-order chi connectivity index (χ1) is 2.83. The van der Waals surface area contributed by atoms with Gasteiger partial charge in [0.1, 0.15) is 0 Å². The second kappa shape index (κ2) is 67.6. The van der Waals surface area contributed by atoms with Crippen LogP contribution in [-0.2, 0) is 0 Å². The van der Waals surface area contributed by atoms with Gasteiger partial charge in [-0.2, -0.15) is 5.26 Å². The van der Waals surface area contributed by atoms with E-state index in [-0.39, 0.29) is 0 Å². The lowest BCUT2D eigenvalue weighted by Gasteiger charge is -1.24. The molecule has 0 atom stereocenters. The first-order valence-corrected chi connectivity index (χ1v) is 0.936. The van der Waals surface area contributed by atoms with Crippen LogP contribution in [0.2, 0.25) is 0 Å². The number of nitrogens with one attached hydrogen (secondary N) is 1. The van der Waals surface area contributed by atoms with Crippen molar-refractivity contribution in [1.29, 1.82) is 10.8 Å². The number of hydrogen-bond donors (Lipinski definition) is 2. The van der Waals surface area contributed by atoms with Crippen molar-refractivity contribution < 1.29 is 0 Å². The predicted octanol–water partition coefficient (Wildman–Crippen LogP) is 0.302. The molecule has 5 nitrogen and oxygen atoms in total. The van der Waals surface area contributed by atoms with E-state index in [4.69, 9.17) is 16.3 Å². The van der Waals surface area contributed by atoms with E-state index in [2.05, 4.69) is 5.73 Å². The van der Waals surface area contributed by atoms with Gasteiger partial charge in [0.15, 0.2) is 6.19 Å². The van der Waals surface area contributed by atoms with Crippen molar-refractivity contribution in [3.63, 3.8) is 0 Å². The lowest BCUT2D eigenvalue weighted by molar-refractivity contribution is 1.45. The molecule has 0 fully saturated rings. The molecule has 0 saturated heterocycles. The zero-order valence-corrected chi connectivity index (χ0v) is 2.92. The maximum Gasteiger partial charge on any atom is 0.173 e. The first kappa shape index (κ1) is 8.82. The number of hydrogen-bond acceptors (Lipinski definition) is 3. The molecule has 0 unspecified atom stereocenters. The van der Waals surface area contributed by atoms with Gasteiger partial charge < -0.3 is 5.73 Å². The summed E-state index contributed by atoms with van der Waals surface area (Å²) in [5, 5.41) is 7.10. The van der Waals surface area contributed by atoms with Crippen LogP contribution in [0.25, 0.3) is 10.4 Å². The van der Waals surface area contributed by atoms with Crippen LogP contribution >= 0.6 is 0 Å². The molecule has 32 valence electrons. The summed E-state index contributed by atoms with van der Waals surface area (Å²) < 4.78 is 0. The third-order valence-corrected chi connectivity index (χ3v) is 0.